The van der Waals surface area contributed by atoms with E-state index in [1.807, 2.05) is 12.2 Å². The van der Waals surface area contributed by atoms with Gasteiger partial charge < -0.3 is 33.7 Å². The fourth-order valence-corrected chi connectivity index (χ4v) is 9.13. The van der Waals surface area contributed by atoms with E-state index in [-0.39, 0.29) is 29.8 Å². The molecular formula is C38H59NO8Si. The van der Waals surface area contributed by atoms with Crippen LogP contribution in [0.15, 0.2) is 52.3 Å². The van der Waals surface area contributed by atoms with Gasteiger partial charge in [0.05, 0.1) is 25.0 Å². The largest absolute Gasteiger partial charge is 0.462 e. The van der Waals surface area contributed by atoms with Gasteiger partial charge in [-0.1, -0.05) is 82.7 Å². The van der Waals surface area contributed by atoms with E-state index in [4.69, 9.17) is 23.4 Å². The highest BCUT2D eigenvalue weighted by Crippen LogP contribution is 2.49. The standard InChI is InChI=1S/C38H59NO8Si/c1-10-32-26(4)16-17-37(46-32)21-30-20-29(45-37)15-14-25(3)18-24(2)12-11-13-28-23-43-34-33(47-48(8,9)36(5,6)7)27(22-39-42)19-31(35(40)44-30)38(28,34)41/h11-14,19,22,24,26,29-34,41-42H,10,15-18,20-21,23H2,1-9H3/b12-11+,25-14+,28-13+,39-22+/t24-,26-,29+,30-,31-,32+,33+,34+,37+,38+/m0/s1. The number of hydrogen-bond donors (Lipinski definition) is 2. The predicted molar refractivity (Wildman–Crippen MR) is 188 cm³/mol. The molecule has 3 fully saturated rings. The summed E-state index contributed by atoms with van der Waals surface area (Å²) in [5.41, 5.74) is 0.617. The highest BCUT2D eigenvalue weighted by Gasteiger charge is 2.62. The second-order valence-electron chi connectivity index (χ2n) is 16.5. The van der Waals surface area contributed by atoms with Crippen LogP contribution in [0.4, 0.5) is 0 Å². The molecule has 10 heteroatoms. The molecule has 2 N–H and O–H groups in total. The molecule has 3 saturated heterocycles. The normalized spacial score (nSPS) is 42.7. The third-order valence-electron chi connectivity index (χ3n) is 11.7. The Kier molecular flexibility index (Phi) is 11.1. The van der Waals surface area contributed by atoms with Crippen LogP contribution in [-0.4, -0.2) is 79.3 Å². The van der Waals surface area contributed by atoms with Crippen LogP contribution in [-0.2, 0) is 28.2 Å². The molecule has 0 radical (unpaired) electrons. The summed E-state index contributed by atoms with van der Waals surface area (Å²) >= 11 is 0. The minimum absolute atomic E-state index is 0.0702. The number of aliphatic hydroxyl groups is 1. The lowest BCUT2D eigenvalue weighted by atomic mass is 9.70. The molecule has 0 saturated carbocycles. The van der Waals surface area contributed by atoms with Crippen LogP contribution in [0, 0.1) is 17.8 Å². The number of carbonyl (C=O) groups is 1. The van der Waals surface area contributed by atoms with Crippen molar-refractivity contribution in [1.82, 2.24) is 0 Å². The van der Waals surface area contributed by atoms with E-state index in [2.05, 4.69) is 78.9 Å². The Balaban J connectivity index is 1.58. The number of fused-ring (bicyclic) bond motifs is 2. The van der Waals surface area contributed by atoms with Gasteiger partial charge in [0.15, 0.2) is 14.1 Å². The molecule has 0 aromatic heterocycles. The van der Waals surface area contributed by atoms with E-state index < -0.39 is 49.9 Å². The molecule has 2 bridgehead atoms. The van der Waals surface area contributed by atoms with Crippen molar-refractivity contribution in [2.45, 2.75) is 153 Å². The van der Waals surface area contributed by atoms with E-state index in [1.54, 1.807) is 6.08 Å². The summed E-state index contributed by atoms with van der Waals surface area (Å²) in [6, 6.07) is 0. The van der Waals surface area contributed by atoms with E-state index in [1.165, 1.54) is 11.8 Å². The minimum atomic E-state index is -2.41. The average Bonchev–Trinajstić information content (AvgIpc) is 3.34. The van der Waals surface area contributed by atoms with Gasteiger partial charge in [-0.05, 0) is 68.1 Å². The molecule has 0 aromatic rings. The number of allylic oxidation sites excluding steroid dienone is 4. The number of carbonyl (C=O) groups excluding carboxylic acids is 1. The molecule has 0 aromatic carbocycles. The van der Waals surface area contributed by atoms with Crippen molar-refractivity contribution < 1.29 is 38.5 Å². The molecule has 9 nitrogen and oxygen atoms in total. The summed E-state index contributed by atoms with van der Waals surface area (Å²) in [6.07, 6.45) is 14.1. The summed E-state index contributed by atoms with van der Waals surface area (Å²) in [4.78, 5) is 14.5. The van der Waals surface area contributed by atoms with Gasteiger partial charge in [0.2, 0.25) is 0 Å². The molecule has 0 unspecified atom stereocenters. The van der Waals surface area contributed by atoms with Crippen molar-refractivity contribution in [3.8, 4) is 0 Å². The van der Waals surface area contributed by atoms with Gasteiger partial charge in [-0.3, -0.25) is 4.79 Å². The summed E-state index contributed by atoms with van der Waals surface area (Å²) < 4.78 is 33.1. The second-order valence-corrected chi connectivity index (χ2v) is 21.3. The van der Waals surface area contributed by atoms with Gasteiger partial charge in [0.25, 0.3) is 0 Å². The zero-order valence-corrected chi connectivity index (χ0v) is 31.5. The van der Waals surface area contributed by atoms with Gasteiger partial charge in [0.1, 0.15) is 29.8 Å². The summed E-state index contributed by atoms with van der Waals surface area (Å²) in [6.45, 7) is 19.5. The monoisotopic (exact) mass is 685 g/mol. The molecule has 4 heterocycles. The summed E-state index contributed by atoms with van der Waals surface area (Å²) in [5, 5.41) is 25.7. The number of hydrogen-bond acceptors (Lipinski definition) is 9. The van der Waals surface area contributed by atoms with Crippen LogP contribution < -0.4 is 0 Å². The molecular weight excluding hydrogens is 627 g/mol. The molecule has 10 atom stereocenters. The number of rotatable bonds is 4. The van der Waals surface area contributed by atoms with Crippen LogP contribution >= 0.6 is 0 Å². The third-order valence-corrected chi connectivity index (χ3v) is 16.2. The Morgan fingerprint density at radius 2 is 1.94 bits per heavy atom. The van der Waals surface area contributed by atoms with Crippen LogP contribution in [0.3, 0.4) is 0 Å². The lowest BCUT2D eigenvalue weighted by Crippen LogP contribution is -2.61. The maximum absolute atomic E-state index is 14.5. The Hall–Kier alpha value is -2.08. The molecule has 4 aliphatic heterocycles. The molecule has 5 rings (SSSR count). The first-order valence-corrected chi connectivity index (χ1v) is 20.9. The highest BCUT2D eigenvalue weighted by atomic mass is 28.4. The number of esters is 1. The third kappa shape index (κ3) is 7.49. The van der Waals surface area contributed by atoms with Crippen LogP contribution in [0.1, 0.15) is 93.4 Å². The van der Waals surface area contributed by atoms with Crippen molar-refractivity contribution in [3.63, 3.8) is 0 Å². The van der Waals surface area contributed by atoms with Crippen molar-refractivity contribution in [1.29, 1.82) is 0 Å². The highest BCUT2D eigenvalue weighted by molar-refractivity contribution is 6.74. The minimum Gasteiger partial charge on any atom is -0.462 e. The maximum atomic E-state index is 14.5. The molecule has 268 valence electrons. The van der Waals surface area contributed by atoms with Crippen LogP contribution in [0.25, 0.3) is 0 Å². The number of ether oxygens (including phenoxy) is 4. The maximum Gasteiger partial charge on any atom is 0.316 e. The Morgan fingerprint density at radius 3 is 2.62 bits per heavy atom. The summed E-state index contributed by atoms with van der Waals surface area (Å²) in [5.74, 6) is -1.82. The first-order chi connectivity index (χ1) is 22.5. The lowest BCUT2D eigenvalue weighted by molar-refractivity contribution is -0.335. The predicted octanol–water partition coefficient (Wildman–Crippen LogP) is 7.39. The Bertz CT molecular complexity index is 1350. The smallest absolute Gasteiger partial charge is 0.316 e. The molecule has 1 spiro atoms. The fourth-order valence-electron chi connectivity index (χ4n) is 7.88. The van der Waals surface area contributed by atoms with E-state index in [9.17, 15) is 15.1 Å². The zero-order chi connectivity index (χ0) is 35.1. The van der Waals surface area contributed by atoms with Crippen LogP contribution in [0.2, 0.25) is 18.1 Å². The Labute approximate surface area is 288 Å². The zero-order valence-electron chi connectivity index (χ0n) is 30.5. The quantitative estimate of drug-likeness (QED) is 0.0786. The average molecular weight is 686 g/mol. The number of oxime groups is 1. The van der Waals surface area contributed by atoms with Crippen LogP contribution in [0.5, 0.6) is 0 Å². The first kappa shape index (κ1) is 37.2. The van der Waals surface area contributed by atoms with E-state index in [0.29, 0.717) is 36.3 Å². The van der Waals surface area contributed by atoms with Gasteiger partial charge in [-0.15, -0.1) is 0 Å². The SMILES string of the molecule is CC[C@H]1O[C@]2(CC[C@@H]1C)C[C@@H]1C[C@@H](C/C=C(\C)C[C@@H](C)/C=C/C=C3\CO[C@@H]4[C@H](O[Si](C)(C)C(C)(C)C)C(/C=N/O)=C[C@@H](C(=O)O1)[C@]34O)O2. The molecule has 1 aliphatic carbocycles. The topological polar surface area (TPSA) is 116 Å². The second kappa shape index (κ2) is 14.3. The van der Waals surface area contributed by atoms with Crippen molar-refractivity contribution in [3.05, 3.63) is 47.1 Å². The van der Waals surface area contributed by atoms with Gasteiger partial charge >= 0.3 is 5.97 Å². The molecule has 48 heavy (non-hydrogen) atoms. The lowest BCUT2D eigenvalue weighted by Gasteiger charge is -2.50. The fraction of sp³-hybridized carbons (Fsp3) is 0.737. The number of nitrogens with zero attached hydrogens (tertiary/aromatic N) is 1. The molecule has 0 amide bonds. The van der Waals surface area contributed by atoms with Crippen molar-refractivity contribution >= 4 is 20.5 Å². The van der Waals surface area contributed by atoms with E-state index >= 15 is 0 Å². The van der Waals surface area contributed by atoms with Crippen molar-refractivity contribution in [2.24, 2.45) is 22.9 Å². The van der Waals surface area contributed by atoms with Gasteiger partial charge in [0, 0.05) is 24.8 Å². The molecule has 5 aliphatic rings. The summed E-state index contributed by atoms with van der Waals surface area (Å²) in [7, 11) is -2.41. The van der Waals surface area contributed by atoms with Gasteiger partial charge in [-0.25, -0.2) is 0 Å². The first-order valence-electron chi connectivity index (χ1n) is 18.0. The Morgan fingerprint density at radius 1 is 1.19 bits per heavy atom. The van der Waals surface area contributed by atoms with Gasteiger partial charge in [-0.2, -0.15) is 0 Å². The van der Waals surface area contributed by atoms with Crippen molar-refractivity contribution in [2.75, 3.05) is 6.61 Å². The van der Waals surface area contributed by atoms with E-state index in [0.717, 1.165) is 25.7 Å².